The molecule has 0 aromatic rings. The van der Waals surface area contributed by atoms with Gasteiger partial charge in [-0.05, 0) is 40.1 Å². The fourth-order valence-corrected chi connectivity index (χ4v) is 0.817. The highest BCUT2D eigenvalue weighted by atomic mass is 35.5. The molecule has 0 aromatic carbocycles. The SMILES string of the molecule is CC=CC(=O)NCCCN(C)C.Cl. The highest BCUT2D eigenvalue weighted by molar-refractivity contribution is 5.87. The van der Waals surface area contributed by atoms with Crippen molar-refractivity contribution in [2.45, 2.75) is 13.3 Å². The van der Waals surface area contributed by atoms with E-state index < -0.39 is 0 Å². The molecule has 0 aliphatic carbocycles. The molecule has 0 spiro atoms. The maximum absolute atomic E-state index is 10.9. The number of amides is 1. The molecule has 0 fully saturated rings. The van der Waals surface area contributed by atoms with Gasteiger partial charge in [0.25, 0.3) is 0 Å². The van der Waals surface area contributed by atoms with Crippen LogP contribution in [0.25, 0.3) is 0 Å². The number of allylic oxidation sites excluding steroid dienone is 1. The van der Waals surface area contributed by atoms with Crippen LogP contribution in [-0.4, -0.2) is 38.0 Å². The van der Waals surface area contributed by atoms with Crippen molar-refractivity contribution in [3.63, 3.8) is 0 Å². The quantitative estimate of drug-likeness (QED) is 0.539. The van der Waals surface area contributed by atoms with E-state index in [1.807, 2.05) is 21.0 Å². The van der Waals surface area contributed by atoms with Crippen molar-refractivity contribution in [3.05, 3.63) is 12.2 Å². The van der Waals surface area contributed by atoms with Gasteiger partial charge in [-0.2, -0.15) is 0 Å². The molecule has 0 aliphatic heterocycles. The van der Waals surface area contributed by atoms with E-state index in [1.165, 1.54) is 6.08 Å². The number of hydrogen-bond acceptors (Lipinski definition) is 2. The minimum Gasteiger partial charge on any atom is -0.353 e. The predicted molar refractivity (Wildman–Crippen MR) is 58.2 cm³/mol. The van der Waals surface area contributed by atoms with Gasteiger partial charge < -0.3 is 10.2 Å². The van der Waals surface area contributed by atoms with E-state index in [0.717, 1.165) is 19.5 Å². The van der Waals surface area contributed by atoms with Crippen molar-refractivity contribution in [1.82, 2.24) is 10.2 Å². The topological polar surface area (TPSA) is 32.3 Å². The van der Waals surface area contributed by atoms with Crippen LogP contribution >= 0.6 is 12.4 Å². The molecule has 0 heterocycles. The summed E-state index contributed by atoms with van der Waals surface area (Å²) in [6, 6.07) is 0. The summed E-state index contributed by atoms with van der Waals surface area (Å²) in [4.78, 5) is 13.0. The lowest BCUT2D eigenvalue weighted by Gasteiger charge is -2.08. The molecular formula is C9H19ClN2O. The standard InChI is InChI=1S/C9H18N2O.ClH/c1-4-6-9(12)10-7-5-8-11(2)3;/h4,6H,5,7-8H2,1-3H3,(H,10,12);1H. The van der Waals surface area contributed by atoms with E-state index in [0.29, 0.717) is 0 Å². The maximum atomic E-state index is 10.9. The average Bonchev–Trinajstić information content (AvgIpc) is 1.98. The van der Waals surface area contributed by atoms with Gasteiger partial charge in [0, 0.05) is 6.54 Å². The minimum atomic E-state index is -0.00347. The number of hydrogen-bond donors (Lipinski definition) is 1. The van der Waals surface area contributed by atoms with Crippen molar-refractivity contribution in [2.75, 3.05) is 27.2 Å². The van der Waals surface area contributed by atoms with Gasteiger partial charge in [0.2, 0.25) is 5.91 Å². The van der Waals surface area contributed by atoms with Gasteiger partial charge in [-0.3, -0.25) is 4.79 Å². The second kappa shape index (κ2) is 9.55. The lowest BCUT2D eigenvalue weighted by atomic mass is 10.4. The molecule has 1 amide bonds. The Bertz CT molecular complexity index is 158. The summed E-state index contributed by atoms with van der Waals surface area (Å²) in [6.07, 6.45) is 4.27. The zero-order valence-corrected chi connectivity index (χ0v) is 9.36. The third-order valence-electron chi connectivity index (χ3n) is 1.40. The van der Waals surface area contributed by atoms with E-state index in [2.05, 4.69) is 10.2 Å². The molecule has 0 radical (unpaired) electrons. The number of carbonyl (C=O) groups is 1. The van der Waals surface area contributed by atoms with E-state index >= 15 is 0 Å². The molecule has 0 aliphatic rings. The number of carbonyl (C=O) groups excluding carboxylic acids is 1. The maximum Gasteiger partial charge on any atom is 0.243 e. The second-order valence-electron chi connectivity index (χ2n) is 2.95. The van der Waals surface area contributed by atoms with Gasteiger partial charge >= 0.3 is 0 Å². The Balaban J connectivity index is 0. The van der Waals surface area contributed by atoms with Crippen molar-refractivity contribution in [1.29, 1.82) is 0 Å². The van der Waals surface area contributed by atoms with E-state index in [9.17, 15) is 4.79 Å². The Hall–Kier alpha value is -0.540. The lowest BCUT2D eigenvalue weighted by Crippen LogP contribution is -2.25. The third-order valence-corrected chi connectivity index (χ3v) is 1.40. The van der Waals surface area contributed by atoms with Crippen LogP contribution in [0, 0.1) is 0 Å². The van der Waals surface area contributed by atoms with Gasteiger partial charge in [-0.1, -0.05) is 6.08 Å². The van der Waals surface area contributed by atoms with Crippen molar-refractivity contribution >= 4 is 18.3 Å². The minimum absolute atomic E-state index is 0. The van der Waals surface area contributed by atoms with E-state index in [1.54, 1.807) is 6.08 Å². The van der Waals surface area contributed by atoms with Gasteiger partial charge in [0.1, 0.15) is 0 Å². The van der Waals surface area contributed by atoms with Crippen LogP contribution in [0.5, 0.6) is 0 Å². The van der Waals surface area contributed by atoms with Crippen molar-refractivity contribution < 1.29 is 4.79 Å². The smallest absolute Gasteiger partial charge is 0.243 e. The molecule has 78 valence electrons. The zero-order chi connectivity index (χ0) is 9.40. The molecule has 0 unspecified atom stereocenters. The largest absolute Gasteiger partial charge is 0.353 e. The molecule has 0 rings (SSSR count). The molecule has 13 heavy (non-hydrogen) atoms. The number of nitrogens with one attached hydrogen (secondary N) is 1. The normalized spacial score (nSPS) is 10.2. The van der Waals surface area contributed by atoms with Crippen molar-refractivity contribution in [2.24, 2.45) is 0 Å². The summed E-state index contributed by atoms with van der Waals surface area (Å²) in [6.45, 7) is 3.59. The molecule has 0 saturated heterocycles. The Morgan fingerprint density at radius 1 is 1.46 bits per heavy atom. The first-order valence-electron chi connectivity index (χ1n) is 4.22. The number of rotatable bonds is 5. The molecular weight excluding hydrogens is 188 g/mol. The highest BCUT2D eigenvalue weighted by Gasteiger charge is 1.93. The summed E-state index contributed by atoms with van der Waals surface area (Å²) in [5.74, 6) is -0.00347. The van der Waals surface area contributed by atoms with Gasteiger partial charge in [-0.15, -0.1) is 12.4 Å². The first-order chi connectivity index (χ1) is 5.66. The summed E-state index contributed by atoms with van der Waals surface area (Å²) in [5, 5.41) is 2.79. The molecule has 0 atom stereocenters. The van der Waals surface area contributed by atoms with Gasteiger partial charge in [-0.25, -0.2) is 0 Å². The Morgan fingerprint density at radius 2 is 2.08 bits per heavy atom. The fraction of sp³-hybridized carbons (Fsp3) is 0.667. The van der Waals surface area contributed by atoms with Crippen molar-refractivity contribution in [3.8, 4) is 0 Å². The van der Waals surface area contributed by atoms with Crippen LogP contribution in [0.2, 0.25) is 0 Å². The number of halogens is 1. The molecule has 3 nitrogen and oxygen atoms in total. The number of nitrogens with zero attached hydrogens (tertiary/aromatic N) is 1. The van der Waals surface area contributed by atoms with E-state index in [4.69, 9.17) is 0 Å². The van der Waals surface area contributed by atoms with Crippen LogP contribution in [-0.2, 0) is 4.79 Å². The molecule has 1 N–H and O–H groups in total. The first kappa shape index (κ1) is 15.0. The Morgan fingerprint density at radius 3 is 2.54 bits per heavy atom. The fourth-order valence-electron chi connectivity index (χ4n) is 0.817. The summed E-state index contributed by atoms with van der Waals surface area (Å²) in [7, 11) is 4.04. The Kier molecular flexibility index (Phi) is 11.0. The average molecular weight is 207 g/mol. The van der Waals surface area contributed by atoms with Crippen LogP contribution < -0.4 is 5.32 Å². The molecule has 0 saturated carbocycles. The van der Waals surface area contributed by atoms with Crippen LogP contribution in [0.3, 0.4) is 0 Å². The van der Waals surface area contributed by atoms with Crippen LogP contribution in [0.4, 0.5) is 0 Å². The third kappa shape index (κ3) is 11.5. The van der Waals surface area contributed by atoms with E-state index in [-0.39, 0.29) is 18.3 Å². The zero-order valence-electron chi connectivity index (χ0n) is 8.54. The highest BCUT2D eigenvalue weighted by Crippen LogP contribution is 1.81. The summed E-state index contributed by atoms with van der Waals surface area (Å²) in [5.41, 5.74) is 0. The summed E-state index contributed by atoms with van der Waals surface area (Å²) >= 11 is 0. The van der Waals surface area contributed by atoms with Gasteiger partial charge in [0.15, 0.2) is 0 Å². The Labute approximate surface area is 86.6 Å². The summed E-state index contributed by atoms with van der Waals surface area (Å²) < 4.78 is 0. The van der Waals surface area contributed by atoms with Gasteiger partial charge in [0.05, 0.1) is 0 Å². The monoisotopic (exact) mass is 206 g/mol. The van der Waals surface area contributed by atoms with Crippen LogP contribution in [0.15, 0.2) is 12.2 Å². The molecule has 4 heteroatoms. The second-order valence-corrected chi connectivity index (χ2v) is 2.95. The van der Waals surface area contributed by atoms with Crippen LogP contribution in [0.1, 0.15) is 13.3 Å². The first-order valence-corrected chi connectivity index (χ1v) is 4.22. The lowest BCUT2D eigenvalue weighted by molar-refractivity contribution is -0.116. The molecule has 0 aromatic heterocycles. The molecule has 0 bridgehead atoms. The predicted octanol–water partition coefficient (Wildman–Crippen LogP) is 1.05.